The van der Waals surface area contributed by atoms with Gasteiger partial charge >= 0.3 is 6.03 Å². The number of methoxy groups -OCH3 is 1. The lowest BCUT2D eigenvalue weighted by atomic mass is 10.2. The van der Waals surface area contributed by atoms with Crippen LogP contribution in [0.25, 0.3) is 0 Å². The molecule has 0 saturated carbocycles. The molecule has 6 nitrogen and oxygen atoms in total. The molecule has 2 N–H and O–H groups in total. The van der Waals surface area contributed by atoms with E-state index in [9.17, 15) is 9.59 Å². The monoisotopic (exact) mass is 305 g/mol. The smallest absolute Gasteiger partial charge is 0.315 e. The second kappa shape index (κ2) is 7.79. The molecule has 0 spiro atoms. The number of hydrogen-bond acceptors (Lipinski definition) is 3. The molecule has 1 unspecified atom stereocenters. The normalized spacial score (nSPS) is 17.6. The summed E-state index contributed by atoms with van der Waals surface area (Å²) in [6.07, 6.45) is 1.10. The van der Waals surface area contributed by atoms with Gasteiger partial charge in [0.05, 0.1) is 6.04 Å². The number of ether oxygens (including phenoxy) is 1. The highest BCUT2D eigenvalue weighted by molar-refractivity contribution is 5.96. The van der Waals surface area contributed by atoms with E-state index in [0.717, 1.165) is 17.7 Å². The number of urea groups is 1. The maximum absolute atomic E-state index is 12.1. The predicted octanol–water partition coefficient (Wildman–Crippen LogP) is 1.44. The van der Waals surface area contributed by atoms with Crippen LogP contribution in [0.15, 0.2) is 24.3 Å². The van der Waals surface area contributed by atoms with Crippen LogP contribution in [0.5, 0.6) is 0 Å². The van der Waals surface area contributed by atoms with E-state index in [0.29, 0.717) is 26.1 Å². The first-order chi connectivity index (χ1) is 10.6. The molecule has 0 aromatic heterocycles. The van der Waals surface area contributed by atoms with Gasteiger partial charge < -0.3 is 20.3 Å². The molecule has 1 aromatic rings. The Morgan fingerprint density at radius 1 is 1.36 bits per heavy atom. The zero-order valence-electron chi connectivity index (χ0n) is 13.1. The summed E-state index contributed by atoms with van der Waals surface area (Å²) in [5.41, 5.74) is 2.03. The number of carbonyl (C=O) groups is 2. The van der Waals surface area contributed by atoms with Crippen molar-refractivity contribution >= 4 is 17.6 Å². The van der Waals surface area contributed by atoms with Crippen molar-refractivity contribution in [3.8, 4) is 0 Å². The Labute approximate surface area is 130 Å². The number of nitrogens with zero attached hydrogens (tertiary/aromatic N) is 1. The van der Waals surface area contributed by atoms with E-state index in [1.165, 1.54) is 0 Å². The van der Waals surface area contributed by atoms with Crippen LogP contribution >= 0.6 is 0 Å². The average molecular weight is 305 g/mol. The molecule has 1 heterocycles. The van der Waals surface area contributed by atoms with Crippen LogP contribution in [0.3, 0.4) is 0 Å². The van der Waals surface area contributed by atoms with Gasteiger partial charge in [0.25, 0.3) is 0 Å². The summed E-state index contributed by atoms with van der Waals surface area (Å²) >= 11 is 0. The van der Waals surface area contributed by atoms with Gasteiger partial charge in [-0.15, -0.1) is 0 Å². The molecule has 1 aliphatic rings. The molecular weight excluding hydrogens is 282 g/mol. The number of aryl methyl sites for hydroxylation is 1. The van der Waals surface area contributed by atoms with Crippen molar-refractivity contribution in [1.29, 1.82) is 0 Å². The number of nitrogens with one attached hydrogen (secondary N) is 2. The van der Waals surface area contributed by atoms with E-state index in [1.54, 1.807) is 12.0 Å². The Balaban J connectivity index is 1.82. The average Bonchev–Trinajstić information content (AvgIpc) is 2.85. The quantitative estimate of drug-likeness (QED) is 0.781. The van der Waals surface area contributed by atoms with Gasteiger partial charge in [0.2, 0.25) is 5.91 Å². The fraction of sp³-hybridized carbons (Fsp3) is 0.500. The van der Waals surface area contributed by atoms with E-state index in [4.69, 9.17) is 4.74 Å². The van der Waals surface area contributed by atoms with Crippen molar-refractivity contribution in [3.05, 3.63) is 29.8 Å². The van der Waals surface area contributed by atoms with Crippen LogP contribution in [0.4, 0.5) is 10.5 Å². The number of benzene rings is 1. The topological polar surface area (TPSA) is 70.7 Å². The third-order valence-electron chi connectivity index (χ3n) is 3.62. The van der Waals surface area contributed by atoms with E-state index in [1.807, 2.05) is 31.2 Å². The van der Waals surface area contributed by atoms with Crippen LogP contribution in [0.1, 0.15) is 18.4 Å². The summed E-state index contributed by atoms with van der Waals surface area (Å²) in [7, 11) is 1.63. The Morgan fingerprint density at radius 2 is 2.09 bits per heavy atom. The first kappa shape index (κ1) is 16.3. The van der Waals surface area contributed by atoms with Gasteiger partial charge in [-0.2, -0.15) is 0 Å². The van der Waals surface area contributed by atoms with Crippen molar-refractivity contribution in [2.45, 2.75) is 25.8 Å². The molecule has 1 aromatic carbocycles. The summed E-state index contributed by atoms with van der Waals surface area (Å²) < 4.78 is 4.92. The van der Waals surface area contributed by atoms with Crippen LogP contribution in [-0.2, 0) is 9.53 Å². The molecule has 0 radical (unpaired) electrons. The molecule has 1 atom stereocenters. The Hall–Kier alpha value is -2.08. The van der Waals surface area contributed by atoms with Gasteiger partial charge in [0.15, 0.2) is 0 Å². The number of hydrogen-bond donors (Lipinski definition) is 2. The maximum atomic E-state index is 12.1. The highest BCUT2D eigenvalue weighted by Gasteiger charge is 2.31. The van der Waals surface area contributed by atoms with Crippen molar-refractivity contribution < 1.29 is 14.3 Å². The molecule has 0 bridgehead atoms. The van der Waals surface area contributed by atoms with Crippen LogP contribution in [0, 0.1) is 6.92 Å². The third-order valence-corrected chi connectivity index (χ3v) is 3.62. The molecule has 120 valence electrons. The highest BCUT2D eigenvalue weighted by atomic mass is 16.5. The Kier molecular flexibility index (Phi) is 5.77. The fourth-order valence-electron chi connectivity index (χ4n) is 2.43. The Morgan fingerprint density at radius 3 is 2.77 bits per heavy atom. The number of anilines is 1. The minimum atomic E-state index is -0.236. The lowest BCUT2D eigenvalue weighted by Crippen LogP contribution is -2.43. The second-order valence-corrected chi connectivity index (χ2v) is 5.49. The molecule has 6 heteroatoms. The minimum absolute atomic E-state index is 0.0357. The molecule has 0 aliphatic carbocycles. The van der Waals surface area contributed by atoms with Gasteiger partial charge in [-0.1, -0.05) is 17.7 Å². The molecule has 22 heavy (non-hydrogen) atoms. The standard InChI is InChI=1S/C16H23N3O3/c1-12-4-6-14(7-5-12)19-11-13(10-15(19)20)18-16(21)17-8-3-9-22-2/h4-7,13H,3,8-11H2,1-2H3,(H2,17,18,21). The van der Waals surface area contributed by atoms with Gasteiger partial charge in [-0.05, 0) is 25.5 Å². The number of amides is 3. The molecule has 1 saturated heterocycles. The van der Waals surface area contributed by atoms with Crippen LogP contribution in [0.2, 0.25) is 0 Å². The first-order valence-electron chi connectivity index (χ1n) is 7.50. The molecule has 2 rings (SSSR count). The first-order valence-corrected chi connectivity index (χ1v) is 7.50. The zero-order chi connectivity index (χ0) is 15.9. The van der Waals surface area contributed by atoms with Gasteiger partial charge in [0, 0.05) is 38.9 Å². The maximum Gasteiger partial charge on any atom is 0.315 e. The number of carbonyl (C=O) groups excluding carboxylic acids is 2. The summed E-state index contributed by atoms with van der Waals surface area (Å²) in [6, 6.07) is 7.43. The third kappa shape index (κ3) is 4.46. The molecule has 1 fully saturated rings. The van der Waals surface area contributed by atoms with E-state index >= 15 is 0 Å². The summed E-state index contributed by atoms with van der Waals surface area (Å²) in [4.78, 5) is 25.6. The second-order valence-electron chi connectivity index (χ2n) is 5.49. The minimum Gasteiger partial charge on any atom is -0.385 e. The van der Waals surface area contributed by atoms with Crippen LogP contribution in [-0.4, -0.2) is 44.8 Å². The van der Waals surface area contributed by atoms with Gasteiger partial charge in [0.1, 0.15) is 0 Å². The fourth-order valence-corrected chi connectivity index (χ4v) is 2.43. The van der Waals surface area contributed by atoms with Gasteiger partial charge in [-0.25, -0.2) is 4.79 Å². The lowest BCUT2D eigenvalue weighted by molar-refractivity contribution is -0.117. The van der Waals surface area contributed by atoms with Crippen molar-refractivity contribution in [1.82, 2.24) is 10.6 Å². The van der Waals surface area contributed by atoms with E-state index < -0.39 is 0 Å². The largest absolute Gasteiger partial charge is 0.385 e. The Bertz CT molecular complexity index is 516. The molecular formula is C16H23N3O3. The summed E-state index contributed by atoms with van der Waals surface area (Å²) in [6.45, 7) is 3.69. The van der Waals surface area contributed by atoms with Crippen LogP contribution < -0.4 is 15.5 Å². The van der Waals surface area contributed by atoms with E-state index in [2.05, 4.69) is 10.6 Å². The zero-order valence-corrected chi connectivity index (χ0v) is 13.1. The molecule has 3 amide bonds. The molecule has 1 aliphatic heterocycles. The van der Waals surface area contributed by atoms with Crippen molar-refractivity contribution in [3.63, 3.8) is 0 Å². The predicted molar refractivity (Wildman–Crippen MR) is 85.0 cm³/mol. The summed E-state index contributed by atoms with van der Waals surface area (Å²) in [5.74, 6) is 0.0357. The van der Waals surface area contributed by atoms with Crippen molar-refractivity contribution in [2.75, 3.05) is 31.7 Å². The lowest BCUT2D eigenvalue weighted by Gasteiger charge is -2.17. The SMILES string of the molecule is COCCCNC(=O)NC1CC(=O)N(c2ccc(C)cc2)C1. The van der Waals surface area contributed by atoms with Gasteiger partial charge in [-0.3, -0.25) is 4.79 Å². The van der Waals surface area contributed by atoms with Crippen molar-refractivity contribution in [2.24, 2.45) is 0 Å². The summed E-state index contributed by atoms with van der Waals surface area (Å²) in [5, 5.41) is 5.61. The number of rotatable bonds is 6. The van der Waals surface area contributed by atoms with E-state index in [-0.39, 0.29) is 18.0 Å². The highest BCUT2D eigenvalue weighted by Crippen LogP contribution is 2.21.